The molecule has 28 heavy (non-hydrogen) atoms. The fourth-order valence-corrected chi connectivity index (χ4v) is 3.11. The number of phenolic OH excluding ortho intramolecular Hbond substituents is 1. The molecule has 2 aromatic heterocycles. The molecule has 0 radical (unpaired) electrons. The highest BCUT2D eigenvalue weighted by atomic mass is 16.5. The van der Waals surface area contributed by atoms with Gasteiger partial charge < -0.3 is 19.7 Å². The highest BCUT2D eigenvalue weighted by molar-refractivity contribution is 5.40. The number of nitrogens with zero attached hydrogens (tertiary/aromatic N) is 6. The van der Waals surface area contributed by atoms with Gasteiger partial charge in [0.25, 0.3) is 0 Å². The normalized spacial score (nSPS) is 12.4. The quantitative estimate of drug-likeness (QED) is 0.484. The van der Waals surface area contributed by atoms with Crippen molar-refractivity contribution in [1.82, 2.24) is 35.1 Å². The van der Waals surface area contributed by atoms with Crippen molar-refractivity contribution in [3.63, 3.8) is 0 Å². The van der Waals surface area contributed by atoms with Gasteiger partial charge in [0.05, 0.1) is 12.4 Å². The Morgan fingerprint density at radius 2 is 2.14 bits per heavy atom. The van der Waals surface area contributed by atoms with Crippen LogP contribution in [-0.4, -0.2) is 55.1 Å². The summed E-state index contributed by atoms with van der Waals surface area (Å²) in [6.07, 6.45) is 7.24. The second kappa shape index (κ2) is 9.95. The molecule has 0 fully saturated rings. The van der Waals surface area contributed by atoms with E-state index in [-0.39, 0.29) is 11.8 Å². The van der Waals surface area contributed by atoms with E-state index in [1.807, 2.05) is 29.8 Å². The Hall–Kier alpha value is -2.78. The van der Waals surface area contributed by atoms with Crippen molar-refractivity contribution >= 4 is 0 Å². The lowest BCUT2D eigenvalue weighted by atomic mass is 10.0. The van der Waals surface area contributed by atoms with Crippen LogP contribution < -0.4 is 5.32 Å². The average molecular weight is 385 g/mol. The lowest BCUT2D eigenvalue weighted by molar-refractivity contribution is 0.188. The van der Waals surface area contributed by atoms with Gasteiger partial charge in [-0.2, -0.15) is 0 Å². The highest BCUT2D eigenvalue weighted by Crippen LogP contribution is 2.29. The Morgan fingerprint density at radius 1 is 1.25 bits per heavy atom. The van der Waals surface area contributed by atoms with Crippen LogP contribution in [0, 0.1) is 6.92 Å². The van der Waals surface area contributed by atoms with Crippen LogP contribution in [-0.2, 0) is 17.8 Å². The number of hydrogen-bond donors (Lipinski definition) is 2. The van der Waals surface area contributed by atoms with Gasteiger partial charge in [0, 0.05) is 44.8 Å². The molecule has 150 valence electrons. The van der Waals surface area contributed by atoms with E-state index >= 15 is 0 Å². The number of hydrogen-bond acceptors (Lipinski definition) is 7. The van der Waals surface area contributed by atoms with Gasteiger partial charge in [0.2, 0.25) is 0 Å². The number of tetrazole rings is 1. The summed E-state index contributed by atoms with van der Waals surface area (Å²) in [5, 5.41) is 26.2. The van der Waals surface area contributed by atoms with E-state index in [9.17, 15) is 5.11 Å². The van der Waals surface area contributed by atoms with Gasteiger partial charge in [-0.1, -0.05) is 17.7 Å². The molecule has 0 saturated carbocycles. The lowest BCUT2D eigenvalue weighted by Crippen LogP contribution is -2.28. The van der Waals surface area contributed by atoms with Gasteiger partial charge in [0.1, 0.15) is 5.75 Å². The predicted molar refractivity (Wildman–Crippen MR) is 104 cm³/mol. The molecule has 1 unspecified atom stereocenters. The van der Waals surface area contributed by atoms with Crippen LogP contribution in [0.1, 0.15) is 35.8 Å². The van der Waals surface area contributed by atoms with Crippen LogP contribution in [0.25, 0.3) is 0 Å². The summed E-state index contributed by atoms with van der Waals surface area (Å²) in [7, 11) is 1.68. The monoisotopic (exact) mass is 385 g/mol. The Kier molecular flexibility index (Phi) is 7.10. The maximum atomic E-state index is 10.5. The minimum Gasteiger partial charge on any atom is -0.508 e. The SMILES string of the molecule is COCCCn1nnnc1C(NCCCn1ccnc1)c1cc(C)ccc1O. The summed E-state index contributed by atoms with van der Waals surface area (Å²) in [6.45, 7) is 4.88. The summed E-state index contributed by atoms with van der Waals surface area (Å²) >= 11 is 0. The minimum atomic E-state index is -0.305. The number of phenols is 1. The zero-order chi connectivity index (χ0) is 19.8. The van der Waals surface area contributed by atoms with Gasteiger partial charge in [-0.05, 0) is 42.8 Å². The molecule has 3 rings (SSSR count). The van der Waals surface area contributed by atoms with E-state index < -0.39 is 0 Å². The van der Waals surface area contributed by atoms with Crippen LogP contribution in [0.4, 0.5) is 0 Å². The van der Waals surface area contributed by atoms with E-state index in [0.717, 1.165) is 37.1 Å². The lowest BCUT2D eigenvalue weighted by Gasteiger charge is -2.20. The number of rotatable bonds is 11. The first kappa shape index (κ1) is 20.0. The number of aryl methyl sites for hydroxylation is 3. The molecule has 3 aromatic rings. The Labute approximate surface area is 164 Å². The molecular formula is C19H27N7O2. The number of nitrogens with one attached hydrogen (secondary N) is 1. The van der Waals surface area contributed by atoms with Crippen LogP contribution in [0.5, 0.6) is 5.75 Å². The Bertz CT molecular complexity index is 848. The molecule has 0 aliphatic rings. The average Bonchev–Trinajstić information content (AvgIpc) is 3.36. The third kappa shape index (κ3) is 5.14. The number of aromatic hydroxyl groups is 1. The zero-order valence-corrected chi connectivity index (χ0v) is 16.3. The van der Waals surface area contributed by atoms with E-state index in [1.165, 1.54) is 0 Å². The molecule has 0 saturated heterocycles. The molecule has 0 aliphatic carbocycles. The van der Waals surface area contributed by atoms with Gasteiger partial charge in [-0.3, -0.25) is 0 Å². The van der Waals surface area contributed by atoms with E-state index in [1.54, 1.807) is 30.4 Å². The molecule has 1 atom stereocenters. The van der Waals surface area contributed by atoms with Crippen molar-refractivity contribution in [1.29, 1.82) is 0 Å². The van der Waals surface area contributed by atoms with Gasteiger partial charge >= 0.3 is 0 Å². The number of benzene rings is 1. The molecule has 9 nitrogen and oxygen atoms in total. The molecule has 9 heteroatoms. The second-order valence-corrected chi connectivity index (χ2v) is 6.71. The smallest absolute Gasteiger partial charge is 0.172 e. The first-order valence-electron chi connectivity index (χ1n) is 9.42. The number of ether oxygens (including phenoxy) is 1. The largest absolute Gasteiger partial charge is 0.508 e. The summed E-state index contributed by atoms with van der Waals surface area (Å²) in [5.74, 6) is 0.906. The van der Waals surface area contributed by atoms with Gasteiger partial charge in [-0.25, -0.2) is 9.67 Å². The molecule has 2 heterocycles. The maximum Gasteiger partial charge on any atom is 0.172 e. The van der Waals surface area contributed by atoms with Crippen LogP contribution in [0.15, 0.2) is 36.9 Å². The van der Waals surface area contributed by atoms with Crippen molar-refractivity contribution in [3.8, 4) is 5.75 Å². The Balaban J connectivity index is 1.76. The Morgan fingerprint density at radius 3 is 2.93 bits per heavy atom. The summed E-state index contributed by atoms with van der Waals surface area (Å²) in [5.41, 5.74) is 1.84. The van der Waals surface area contributed by atoms with Gasteiger partial charge in [-0.15, -0.1) is 5.10 Å². The predicted octanol–water partition coefficient (Wildman–Crippen LogP) is 1.69. The van der Waals surface area contributed by atoms with Crippen molar-refractivity contribution in [2.24, 2.45) is 0 Å². The van der Waals surface area contributed by atoms with Crippen molar-refractivity contribution in [2.45, 2.75) is 38.9 Å². The number of methoxy groups -OCH3 is 1. The topological polar surface area (TPSA) is 103 Å². The van der Waals surface area contributed by atoms with Crippen LogP contribution >= 0.6 is 0 Å². The highest BCUT2D eigenvalue weighted by Gasteiger charge is 2.23. The van der Waals surface area contributed by atoms with Crippen LogP contribution in [0.3, 0.4) is 0 Å². The molecular weight excluding hydrogens is 358 g/mol. The summed E-state index contributed by atoms with van der Waals surface area (Å²) < 4.78 is 8.94. The second-order valence-electron chi connectivity index (χ2n) is 6.71. The molecule has 0 amide bonds. The van der Waals surface area contributed by atoms with E-state index in [0.29, 0.717) is 19.0 Å². The molecule has 0 bridgehead atoms. The maximum absolute atomic E-state index is 10.5. The molecule has 2 N–H and O–H groups in total. The minimum absolute atomic E-state index is 0.226. The first-order chi connectivity index (χ1) is 13.7. The zero-order valence-electron chi connectivity index (χ0n) is 16.3. The first-order valence-corrected chi connectivity index (χ1v) is 9.42. The molecule has 0 aliphatic heterocycles. The standard InChI is InChI=1S/C19H27N7O2/c1-15-5-6-17(27)16(13-15)18(21-7-3-9-25-11-8-20-14-25)19-22-23-24-26(19)10-4-12-28-2/h5-6,8,11,13-14,18,21,27H,3-4,7,9-10,12H2,1-2H3. The van der Waals surface area contributed by atoms with Gasteiger partial charge in [0.15, 0.2) is 5.82 Å². The molecule has 0 spiro atoms. The van der Waals surface area contributed by atoms with Crippen molar-refractivity contribution in [3.05, 3.63) is 53.9 Å². The third-order valence-electron chi connectivity index (χ3n) is 4.53. The van der Waals surface area contributed by atoms with Crippen molar-refractivity contribution in [2.75, 3.05) is 20.3 Å². The third-order valence-corrected chi connectivity index (χ3v) is 4.53. The van der Waals surface area contributed by atoms with Crippen LogP contribution in [0.2, 0.25) is 0 Å². The fraction of sp³-hybridized carbons (Fsp3) is 0.474. The number of aromatic nitrogens is 6. The van der Waals surface area contributed by atoms with E-state index in [2.05, 4.69) is 25.8 Å². The van der Waals surface area contributed by atoms with E-state index in [4.69, 9.17) is 4.74 Å². The fourth-order valence-electron chi connectivity index (χ4n) is 3.11. The summed E-state index contributed by atoms with van der Waals surface area (Å²) in [4.78, 5) is 4.06. The molecule has 1 aromatic carbocycles. The summed E-state index contributed by atoms with van der Waals surface area (Å²) in [6, 6.07) is 5.26. The van der Waals surface area contributed by atoms with Crippen molar-refractivity contribution < 1.29 is 9.84 Å². The number of imidazole rings is 1.